The molecule has 0 aromatic heterocycles. The average Bonchev–Trinajstić information content (AvgIpc) is 2.92. The summed E-state index contributed by atoms with van der Waals surface area (Å²) in [4.78, 5) is 12.1. The van der Waals surface area contributed by atoms with Crippen LogP contribution in [0.5, 0.6) is 0 Å². The summed E-state index contributed by atoms with van der Waals surface area (Å²) < 4.78 is 4.25. The Kier molecular flexibility index (Phi) is 28.2. The van der Waals surface area contributed by atoms with Gasteiger partial charge < -0.3 is 39.9 Å². The Morgan fingerprint density at radius 2 is 0.763 bits per heavy atom. The third kappa shape index (κ3) is 23.6. The first-order valence-corrected chi connectivity index (χ1v) is 15.2. The van der Waals surface area contributed by atoms with E-state index >= 15 is 0 Å². The van der Waals surface area contributed by atoms with Crippen molar-refractivity contribution in [3.8, 4) is 0 Å². The van der Waals surface area contributed by atoms with Crippen LogP contribution in [0.4, 0.5) is 0 Å². The highest BCUT2D eigenvalue weighted by Crippen LogP contribution is 2.40. The summed E-state index contributed by atoms with van der Waals surface area (Å²) >= 11 is 0. The largest absolute Gasteiger partial charge is 0.388 e. The van der Waals surface area contributed by atoms with Crippen LogP contribution in [0.25, 0.3) is 0 Å². The fraction of sp³-hybridized carbons (Fsp3) is 1.00. The van der Waals surface area contributed by atoms with Crippen LogP contribution >= 0.6 is 0 Å². The lowest BCUT2D eigenvalue weighted by atomic mass is 9.71. The molecule has 8 nitrogen and oxygen atoms in total. The summed E-state index contributed by atoms with van der Waals surface area (Å²) in [6.07, 6.45) is 10.0. The standard InChI is InChI=1S/C11H22N2.C6H14N2.C6H13N.C3H9N.C2H7N.C2H6O/c1-12-7-3-11(4-8-12)5-9-13(2)10-6-11;1-7-3-5-8(2)6-4-7;1-7-5-3-2-4-6-7;1-3-4-2;2*1-3-2/h3-10H2,1-2H3;3-6H2,1-2H3;2-6H2,1H3;4H,3H2,1-2H3;3H,1-2H3;1-2H3. The van der Waals surface area contributed by atoms with Gasteiger partial charge in [-0.15, -0.1) is 0 Å². The van der Waals surface area contributed by atoms with Gasteiger partial charge in [-0.05, 0) is 146 Å². The molecule has 38 heavy (non-hydrogen) atoms. The van der Waals surface area contributed by atoms with Gasteiger partial charge >= 0.3 is 0 Å². The smallest absolute Gasteiger partial charge is 0.0351 e. The first-order chi connectivity index (χ1) is 18.1. The van der Waals surface area contributed by atoms with Crippen molar-refractivity contribution in [2.24, 2.45) is 5.41 Å². The van der Waals surface area contributed by atoms with Crippen molar-refractivity contribution in [2.45, 2.75) is 51.9 Å². The number of ether oxygens (including phenoxy) is 1. The Bertz CT molecular complexity index is 416. The molecular formula is C30H71N7O. The third-order valence-electron chi connectivity index (χ3n) is 7.76. The molecule has 0 bridgehead atoms. The maximum Gasteiger partial charge on any atom is 0.0351 e. The van der Waals surface area contributed by atoms with Gasteiger partial charge in [0.05, 0.1) is 0 Å². The second-order valence-electron chi connectivity index (χ2n) is 11.7. The van der Waals surface area contributed by atoms with E-state index in [9.17, 15) is 0 Å². The number of nitrogens with one attached hydrogen (secondary N) is 2. The molecule has 4 heterocycles. The van der Waals surface area contributed by atoms with Gasteiger partial charge in [0.25, 0.3) is 0 Å². The summed E-state index contributed by atoms with van der Waals surface area (Å²) in [5.74, 6) is 0. The molecule has 0 aromatic rings. The minimum absolute atomic E-state index is 0.735. The van der Waals surface area contributed by atoms with E-state index in [4.69, 9.17) is 0 Å². The molecule has 1 spiro atoms. The highest BCUT2D eigenvalue weighted by molar-refractivity contribution is 4.89. The van der Waals surface area contributed by atoms with E-state index in [0.717, 1.165) is 12.0 Å². The number of hydrogen-bond donors (Lipinski definition) is 2. The molecule has 0 atom stereocenters. The summed E-state index contributed by atoms with van der Waals surface area (Å²) in [5, 5.41) is 5.68. The predicted octanol–water partition coefficient (Wildman–Crippen LogP) is 2.71. The molecular weight excluding hydrogens is 474 g/mol. The van der Waals surface area contributed by atoms with Crippen molar-refractivity contribution in [1.29, 1.82) is 0 Å². The minimum atomic E-state index is 0.735. The number of likely N-dealkylation sites (N-methyl/N-ethyl adjacent to an activating group) is 2. The van der Waals surface area contributed by atoms with Gasteiger partial charge in [0, 0.05) is 40.4 Å². The van der Waals surface area contributed by atoms with Gasteiger partial charge in [-0.3, -0.25) is 0 Å². The average molecular weight is 546 g/mol. The molecule has 4 aliphatic rings. The lowest BCUT2D eigenvalue weighted by Gasteiger charge is -2.45. The SMILES string of the molecule is CCNC.CN1CCC2(CC1)CCN(C)CC2.CN1CCCCC1.CN1CCN(C)CC1.CNC.COC. The van der Waals surface area contributed by atoms with Crippen LogP contribution in [-0.4, -0.2) is 167 Å². The summed E-state index contributed by atoms with van der Waals surface area (Å²) in [6, 6.07) is 0. The van der Waals surface area contributed by atoms with E-state index < -0.39 is 0 Å². The first-order valence-electron chi connectivity index (χ1n) is 15.2. The van der Waals surface area contributed by atoms with E-state index in [1.165, 1.54) is 110 Å². The van der Waals surface area contributed by atoms with Crippen molar-refractivity contribution in [3.05, 3.63) is 0 Å². The molecule has 4 saturated heterocycles. The zero-order valence-electron chi connectivity index (χ0n) is 27.9. The molecule has 4 aliphatic heterocycles. The minimum Gasteiger partial charge on any atom is -0.388 e. The van der Waals surface area contributed by atoms with E-state index in [2.05, 4.69) is 82.0 Å². The van der Waals surface area contributed by atoms with Crippen LogP contribution in [0.2, 0.25) is 0 Å². The zero-order valence-corrected chi connectivity index (χ0v) is 27.9. The molecule has 4 rings (SSSR count). The molecule has 2 N–H and O–H groups in total. The highest BCUT2D eigenvalue weighted by Gasteiger charge is 2.35. The van der Waals surface area contributed by atoms with Gasteiger partial charge in [-0.2, -0.15) is 0 Å². The van der Waals surface area contributed by atoms with Gasteiger partial charge in [0.1, 0.15) is 0 Å². The number of likely N-dealkylation sites (tertiary alicyclic amines) is 3. The lowest BCUT2D eigenvalue weighted by molar-refractivity contribution is 0.0519. The number of piperidine rings is 3. The van der Waals surface area contributed by atoms with Crippen molar-refractivity contribution >= 4 is 0 Å². The van der Waals surface area contributed by atoms with E-state index in [0.29, 0.717) is 0 Å². The maximum atomic E-state index is 4.25. The van der Waals surface area contributed by atoms with Crippen LogP contribution < -0.4 is 10.6 Å². The van der Waals surface area contributed by atoms with Gasteiger partial charge in [-0.1, -0.05) is 13.3 Å². The number of rotatable bonds is 1. The molecule has 0 amide bonds. The van der Waals surface area contributed by atoms with Crippen molar-refractivity contribution in [3.63, 3.8) is 0 Å². The molecule has 0 aromatic carbocycles. The van der Waals surface area contributed by atoms with Gasteiger partial charge in [-0.25, -0.2) is 0 Å². The second-order valence-corrected chi connectivity index (χ2v) is 11.7. The molecule has 232 valence electrons. The lowest BCUT2D eigenvalue weighted by Crippen LogP contribution is -2.44. The van der Waals surface area contributed by atoms with Gasteiger partial charge in [0.2, 0.25) is 0 Å². The third-order valence-corrected chi connectivity index (χ3v) is 7.76. The Labute approximate surface area is 239 Å². The van der Waals surface area contributed by atoms with Crippen molar-refractivity contribution < 1.29 is 4.74 Å². The Balaban J connectivity index is 0. The van der Waals surface area contributed by atoms with Crippen LogP contribution in [-0.2, 0) is 4.74 Å². The molecule has 0 unspecified atom stereocenters. The van der Waals surface area contributed by atoms with Crippen molar-refractivity contribution in [1.82, 2.24) is 35.1 Å². The van der Waals surface area contributed by atoms with Crippen LogP contribution in [0.15, 0.2) is 0 Å². The Morgan fingerprint density at radius 1 is 0.526 bits per heavy atom. The molecule has 0 saturated carbocycles. The summed E-state index contributed by atoms with van der Waals surface area (Å²) in [6.45, 7) is 16.0. The maximum absolute atomic E-state index is 4.25. The van der Waals surface area contributed by atoms with Crippen LogP contribution in [0.3, 0.4) is 0 Å². The second kappa shape index (κ2) is 26.9. The number of methoxy groups -OCH3 is 1. The first kappa shape index (κ1) is 39.8. The fourth-order valence-electron chi connectivity index (χ4n) is 4.64. The summed E-state index contributed by atoms with van der Waals surface area (Å²) in [5.41, 5.74) is 0.735. The normalized spacial score (nSPS) is 22.5. The number of piperazine rings is 1. The molecule has 0 radical (unpaired) electrons. The van der Waals surface area contributed by atoms with Crippen LogP contribution in [0.1, 0.15) is 51.9 Å². The van der Waals surface area contributed by atoms with Crippen molar-refractivity contribution in [2.75, 3.05) is 143 Å². The monoisotopic (exact) mass is 546 g/mol. The van der Waals surface area contributed by atoms with E-state index in [1.54, 1.807) is 14.2 Å². The number of nitrogens with zero attached hydrogens (tertiary/aromatic N) is 5. The van der Waals surface area contributed by atoms with E-state index in [-0.39, 0.29) is 0 Å². The van der Waals surface area contributed by atoms with Gasteiger partial charge in [0.15, 0.2) is 0 Å². The summed E-state index contributed by atoms with van der Waals surface area (Å²) in [7, 11) is 20.0. The molecule has 4 fully saturated rings. The zero-order chi connectivity index (χ0) is 29.2. The van der Waals surface area contributed by atoms with Crippen LogP contribution in [0, 0.1) is 5.41 Å². The fourth-order valence-corrected chi connectivity index (χ4v) is 4.64. The molecule has 8 heteroatoms. The topological polar surface area (TPSA) is 49.5 Å². The quantitative estimate of drug-likeness (QED) is 0.522. The highest BCUT2D eigenvalue weighted by atomic mass is 16.4. The predicted molar refractivity (Wildman–Crippen MR) is 170 cm³/mol. The molecule has 0 aliphatic carbocycles. The number of hydrogen-bond acceptors (Lipinski definition) is 8. The Morgan fingerprint density at radius 3 is 0.974 bits per heavy atom. The van der Waals surface area contributed by atoms with E-state index in [1.807, 2.05) is 21.1 Å². The Hall–Kier alpha value is -0.320.